The molecule has 1 unspecified atom stereocenters. The second-order valence-electron chi connectivity index (χ2n) is 8.36. The van der Waals surface area contributed by atoms with Gasteiger partial charge < -0.3 is 19.1 Å². The van der Waals surface area contributed by atoms with Crippen molar-refractivity contribution in [2.24, 2.45) is 5.92 Å². The van der Waals surface area contributed by atoms with Gasteiger partial charge in [0.2, 0.25) is 11.8 Å². The molecule has 0 saturated carbocycles. The molecule has 33 heavy (non-hydrogen) atoms. The van der Waals surface area contributed by atoms with Gasteiger partial charge in [0.1, 0.15) is 5.76 Å². The zero-order valence-electron chi connectivity index (χ0n) is 19.1. The van der Waals surface area contributed by atoms with E-state index in [2.05, 4.69) is 29.4 Å². The van der Waals surface area contributed by atoms with E-state index in [9.17, 15) is 9.59 Å². The molecule has 1 atom stereocenters. The monoisotopic (exact) mass is 447 g/mol. The number of carbonyl (C=O) groups is 2. The summed E-state index contributed by atoms with van der Waals surface area (Å²) in [6.07, 6.45) is 1.32. The molecule has 0 aliphatic carbocycles. The van der Waals surface area contributed by atoms with Crippen LogP contribution in [0, 0.1) is 5.92 Å². The highest BCUT2D eigenvalue weighted by molar-refractivity contribution is 5.82. The molecule has 0 bridgehead atoms. The minimum Gasteiger partial charge on any atom is -0.479 e. The Morgan fingerprint density at radius 2 is 1.88 bits per heavy atom. The van der Waals surface area contributed by atoms with Crippen LogP contribution < -0.4 is 4.74 Å². The van der Waals surface area contributed by atoms with E-state index in [4.69, 9.17) is 9.26 Å². The van der Waals surface area contributed by atoms with Crippen molar-refractivity contribution in [3.8, 4) is 17.0 Å². The van der Waals surface area contributed by atoms with E-state index in [1.807, 2.05) is 42.3 Å². The lowest BCUT2D eigenvalue weighted by atomic mass is 9.91. The third kappa shape index (κ3) is 5.42. The molecule has 1 aliphatic rings. The largest absolute Gasteiger partial charge is 0.479 e. The van der Waals surface area contributed by atoms with Gasteiger partial charge in [-0.3, -0.25) is 9.59 Å². The van der Waals surface area contributed by atoms with Crippen LogP contribution in [0.2, 0.25) is 0 Å². The van der Waals surface area contributed by atoms with Crippen molar-refractivity contribution in [3.05, 3.63) is 72.0 Å². The number of benzene rings is 2. The summed E-state index contributed by atoms with van der Waals surface area (Å²) in [6, 6.07) is 20.0. The first-order chi connectivity index (χ1) is 16.0. The molecule has 2 heterocycles. The van der Waals surface area contributed by atoms with E-state index in [-0.39, 0.29) is 17.7 Å². The van der Waals surface area contributed by atoms with Crippen LogP contribution in [0.5, 0.6) is 5.88 Å². The lowest BCUT2D eigenvalue weighted by Crippen LogP contribution is -2.37. The van der Waals surface area contributed by atoms with Crippen molar-refractivity contribution in [1.82, 2.24) is 15.0 Å². The predicted molar refractivity (Wildman–Crippen MR) is 125 cm³/mol. The van der Waals surface area contributed by atoms with Crippen molar-refractivity contribution in [2.75, 3.05) is 33.8 Å². The minimum absolute atomic E-state index is 0.00908. The Morgan fingerprint density at radius 3 is 2.64 bits per heavy atom. The molecule has 1 fully saturated rings. The van der Waals surface area contributed by atoms with E-state index in [0.717, 1.165) is 16.7 Å². The summed E-state index contributed by atoms with van der Waals surface area (Å²) in [7, 11) is 3.33. The number of amides is 2. The second-order valence-corrected chi connectivity index (χ2v) is 8.36. The molecule has 4 rings (SSSR count). The lowest BCUT2D eigenvalue weighted by Gasteiger charge is -2.24. The number of nitrogens with zero attached hydrogens (tertiary/aromatic N) is 3. The van der Waals surface area contributed by atoms with Crippen LogP contribution in [0.25, 0.3) is 11.1 Å². The third-order valence-corrected chi connectivity index (χ3v) is 6.12. The summed E-state index contributed by atoms with van der Waals surface area (Å²) < 4.78 is 10.2. The van der Waals surface area contributed by atoms with E-state index in [1.54, 1.807) is 11.0 Å². The zero-order valence-corrected chi connectivity index (χ0v) is 19.1. The van der Waals surface area contributed by atoms with Crippen molar-refractivity contribution < 1.29 is 18.8 Å². The summed E-state index contributed by atoms with van der Waals surface area (Å²) in [4.78, 5) is 29.7. The fourth-order valence-corrected chi connectivity index (χ4v) is 4.27. The van der Waals surface area contributed by atoms with Gasteiger partial charge in [0, 0.05) is 45.6 Å². The number of likely N-dealkylation sites (N-methyl/N-ethyl adjacent to an activating group) is 1. The van der Waals surface area contributed by atoms with Gasteiger partial charge in [-0.05, 0) is 28.3 Å². The maximum Gasteiger partial charge on any atom is 0.254 e. The molecule has 2 amide bonds. The van der Waals surface area contributed by atoms with Gasteiger partial charge in [0.15, 0.2) is 0 Å². The molecule has 1 aliphatic heterocycles. The Bertz CT molecular complexity index is 1100. The van der Waals surface area contributed by atoms with Crippen LogP contribution >= 0.6 is 0 Å². The maximum absolute atomic E-state index is 13.1. The van der Waals surface area contributed by atoms with Crippen molar-refractivity contribution >= 4 is 11.8 Å². The first kappa shape index (κ1) is 22.6. The second kappa shape index (κ2) is 10.3. The van der Waals surface area contributed by atoms with Gasteiger partial charge in [-0.15, -0.1) is 0 Å². The molecular weight excluding hydrogens is 418 g/mol. The maximum atomic E-state index is 13.1. The Morgan fingerprint density at radius 1 is 1.12 bits per heavy atom. The fraction of sp³-hybridized carbons (Fsp3) is 0.346. The average Bonchev–Trinajstić information content (AvgIpc) is 3.27. The number of hydrogen-bond acceptors (Lipinski definition) is 5. The van der Waals surface area contributed by atoms with Crippen LogP contribution in [0.15, 0.2) is 65.2 Å². The Kier molecular flexibility index (Phi) is 7.07. The van der Waals surface area contributed by atoms with Crippen molar-refractivity contribution in [3.63, 3.8) is 0 Å². The molecule has 1 aromatic heterocycles. The van der Waals surface area contributed by atoms with Crippen LogP contribution in [-0.2, 0) is 22.4 Å². The van der Waals surface area contributed by atoms with Crippen molar-refractivity contribution in [1.29, 1.82) is 0 Å². The van der Waals surface area contributed by atoms with Gasteiger partial charge in [0.25, 0.3) is 5.88 Å². The normalized spacial score (nSPS) is 16.5. The minimum atomic E-state index is -0.295. The van der Waals surface area contributed by atoms with E-state index >= 15 is 0 Å². The number of aryl methyl sites for hydroxylation is 1. The van der Waals surface area contributed by atoms with Gasteiger partial charge in [0.05, 0.1) is 13.0 Å². The molecule has 0 N–H and O–H groups in total. The van der Waals surface area contributed by atoms with Crippen LogP contribution in [0.4, 0.5) is 0 Å². The van der Waals surface area contributed by atoms with E-state index in [1.165, 1.54) is 7.11 Å². The van der Waals surface area contributed by atoms with Gasteiger partial charge >= 0.3 is 0 Å². The van der Waals surface area contributed by atoms with E-state index in [0.29, 0.717) is 50.5 Å². The van der Waals surface area contributed by atoms with Crippen LogP contribution in [-0.4, -0.2) is 60.6 Å². The zero-order chi connectivity index (χ0) is 23.2. The Labute approximate surface area is 193 Å². The summed E-state index contributed by atoms with van der Waals surface area (Å²) in [5, 5.41) is 3.78. The SMILES string of the molecule is COc1cc(CCC(=O)N2CCN(C)C(=O)C(Cc3ccccc3-c3ccccc3)C2)on1. The fourth-order valence-electron chi connectivity index (χ4n) is 4.27. The van der Waals surface area contributed by atoms with Crippen LogP contribution in [0.1, 0.15) is 17.7 Å². The number of rotatable bonds is 7. The van der Waals surface area contributed by atoms with Gasteiger partial charge in [-0.2, -0.15) is 0 Å². The molecule has 7 nitrogen and oxygen atoms in total. The quantitative estimate of drug-likeness (QED) is 0.555. The third-order valence-electron chi connectivity index (χ3n) is 6.12. The summed E-state index contributed by atoms with van der Waals surface area (Å²) in [6.45, 7) is 1.46. The molecule has 0 spiro atoms. The van der Waals surface area contributed by atoms with Crippen LogP contribution in [0.3, 0.4) is 0 Å². The number of carbonyl (C=O) groups excluding carboxylic acids is 2. The molecule has 1 saturated heterocycles. The van der Waals surface area contributed by atoms with Gasteiger partial charge in [-0.1, -0.05) is 54.6 Å². The molecule has 2 aromatic carbocycles. The summed E-state index contributed by atoms with van der Waals surface area (Å²) in [5.41, 5.74) is 3.35. The van der Waals surface area contributed by atoms with Crippen molar-refractivity contribution in [2.45, 2.75) is 19.3 Å². The highest BCUT2D eigenvalue weighted by atomic mass is 16.5. The molecule has 172 valence electrons. The lowest BCUT2D eigenvalue weighted by molar-refractivity contribution is -0.134. The first-order valence-electron chi connectivity index (χ1n) is 11.2. The number of methoxy groups -OCH3 is 1. The number of aromatic nitrogens is 1. The Balaban J connectivity index is 1.48. The molecular formula is C26H29N3O4. The highest BCUT2D eigenvalue weighted by Gasteiger charge is 2.31. The summed E-state index contributed by atoms with van der Waals surface area (Å²) >= 11 is 0. The molecule has 7 heteroatoms. The predicted octanol–water partition coefficient (Wildman–Crippen LogP) is 3.44. The topological polar surface area (TPSA) is 75.9 Å². The average molecular weight is 448 g/mol. The molecule has 3 aromatic rings. The first-order valence-corrected chi connectivity index (χ1v) is 11.2. The molecule has 0 radical (unpaired) electrons. The highest BCUT2D eigenvalue weighted by Crippen LogP contribution is 2.27. The Hall–Kier alpha value is -3.61. The summed E-state index contributed by atoms with van der Waals surface area (Å²) in [5.74, 6) is 0.799. The number of hydrogen-bond donors (Lipinski definition) is 0. The smallest absolute Gasteiger partial charge is 0.254 e. The standard InChI is InChI=1S/C26H29N3O4/c1-28-14-15-29(25(30)13-12-22-17-24(32-2)27-33-22)18-21(26(28)31)16-20-10-6-7-11-23(20)19-8-4-3-5-9-19/h3-11,17,21H,12-16,18H2,1-2H3. The number of ether oxygens (including phenoxy) is 1. The van der Waals surface area contributed by atoms with E-state index < -0.39 is 0 Å². The van der Waals surface area contributed by atoms with Gasteiger partial charge in [-0.25, -0.2) is 0 Å².